The lowest BCUT2D eigenvalue weighted by Gasteiger charge is -2.18. The summed E-state index contributed by atoms with van der Waals surface area (Å²) in [5.41, 5.74) is 4.92. The van der Waals surface area contributed by atoms with E-state index in [0.717, 1.165) is 11.5 Å². The second-order valence-corrected chi connectivity index (χ2v) is 6.71. The van der Waals surface area contributed by atoms with Gasteiger partial charge < -0.3 is 14.8 Å². The summed E-state index contributed by atoms with van der Waals surface area (Å²) in [6.07, 6.45) is 1.13. The summed E-state index contributed by atoms with van der Waals surface area (Å²) in [6, 6.07) is 11.8. The Kier molecular flexibility index (Phi) is 7.07. The number of amides is 1. The Labute approximate surface area is 156 Å². The predicted octanol–water partition coefficient (Wildman–Crippen LogP) is 4.66. The van der Waals surface area contributed by atoms with E-state index >= 15 is 0 Å². The van der Waals surface area contributed by atoms with Crippen molar-refractivity contribution in [3.8, 4) is 11.5 Å². The molecule has 0 aromatic heterocycles. The fourth-order valence-corrected chi connectivity index (χ4v) is 2.94. The molecule has 0 aliphatic heterocycles. The molecular weight excluding hydrogens is 326 g/mol. The van der Waals surface area contributed by atoms with E-state index in [1.165, 1.54) is 22.3 Å². The second-order valence-electron chi connectivity index (χ2n) is 6.71. The number of carbonyl (C=O) groups is 1. The SMILES string of the molecule is COc1ccc(OCCCC(=O)N[C@@H](C)c2cc(C)c(C)cc2C)cc1. The van der Waals surface area contributed by atoms with Gasteiger partial charge in [-0.15, -0.1) is 0 Å². The average molecular weight is 355 g/mol. The van der Waals surface area contributed by atoms with E-state index in [4.69, 9.17) is 9.47 Å². The third-order valence-corrected chi connectivity index (χ3v) is 4.60. The molecular formula is C22H29NO3. The second kappa shape index (κ2) is 9.27. The molecule has 0 fully saturated rings. The van der Waals surface area contributed by atoms with Gasteiger partial charge in [-0.2, -0.15) is 0 Å². The Morgan fingerprint density at radius 3 is 2.27 bits per heavy atom. The van der Waals surface area contributed by atoms with E-state index in [1.807, 2.05) is 31.2 Å². The van der Waals surface area contributed by atoms with Crippen molar-refractivity contribution in [2.24, 2.45) is 0 Å². The summed E-state index contributed by atoms with van der Waals surface area (Å²) < 4.78 is 10.8. The van der Waals surface area contributed by atoms with E-state index < -0.39 is 0 Å². The van der Waals surface area contributed by atoms with Crippen LogP contribution < -0.4 is 14.8 Å². The zero-order chi connectivity index (χ0) is 19.1. The highest BCUT2D eigenvalue weighted by molar-refractivity contribution is 5.76. The average Bonchev–Trinajstić information content (AvgIpc) is 2.62. The zero-order valence-electron chi connectivity index (χ0n) is 16.4. The first-order chi connectivity index (χ1) is 12.4. The van der Waals surface area contributed by atoms with Gasteiger partial charge in [-0.1, -0.05) is 12.1 Å². The van der Waals surface area contributed by atoms with Gasteiger partial charge >= 0.3 is 0 Å². The molecule has 0 unspecified atom stereocenters. The lowest BCUT2D eigenvalue weighted by atomic mass is 9.96. The van der Waals surface area contributed by atoms with E-state index in [-0.39, 0.29) is 11.9 Å². The number of ether oxygens (including phenoxy) is 2. The zero-order valence-corrected chi connectivity index (χ0v) is 16.4. The first-order valence-electron chi connectivity index (χ1n) is 9.04. The molecule has 0 bridgehead atoms. The van der Waals surface area contributed by atoms with Crippen LogP contribution in [-0.2, 0) is 4.79 Å². The first kappa shape index (κ1) is 19.8. The maximum atomic E-state index is 12.2. The van der Waals surface area contributed by atoms with E-state index in [1.54, 1.807) is 7.11 Å². The molecule has 1 atom stereocenters. The minimum Gasteiger partial charge on any atom is -0.497 e. The van der Waals surface area contributed by atoms with Gasteiger partial charge in [-0.05, 0) is 80.6 Å². The van der Waals surface area contributed by atoms with Crippen LogP contribution in [0.5, 0.6) is 11.5 Å². The summed E-state index contributed by atoms with van der Waals surface area (Å²) in [6.45, 7) is 8.84. The van der Waals surface area contributed by atoms with Gasteiger partial charge in [0, 0.05) is 6.42 Å². The van der Waals surface area contributed by atoms with Gasteiger partial charge in [0.15, 0.2) is 0 Å². The monoisotopic (exact) mass is 355 g/mol. The highest BCUT2D eigenvalue weighted by Crippen LogP contribution is 2.22. The summed E-state index contributed by atoms with van der Waals surface area (Å²) >= 11 is 0. The van der Waals surface area contributed by atoms with E-state index in [9.17, 15) is 4.79 Å². The molecule has 1 N–H and O–H groups in total. The van der Waals surface area contributed by atoms with Crippen molar-refractivity contribution < 1.29 is 14.3 Å². The van der Waals surface area contributed by atoms with Crippen molar-refractivity contribution in [1.29, 1.82) is 0 Å². The van der Waals surface area contributed by atoms with Crippen molar-refractivity contribution in [2.45, 2.75) is 46.6 Å². The molecule has 26 heavy (non-hydrogen) atoms. The molecule has 0 aliphatic carbocycles. The number of carbonyl (C=O) groups excluding carboxylic acids is 1. The van der Waals surface area contributed by atoms with E-state index in [0.29, 0.717) is 19.4 Å². The van der Waals surface area contributed by atoms with Gasteiger partial charge in [0.1, 0.15) is 11.5 Å². The van der Waals surface area contributed by atoms with E-state index in [2.05, 4.69) is 38.2 Å². The predicted molar refractivity (Wildman–Crippen MR) is 105 cm³/mol. The highest BCUT2D eigenvalue weighted by Gasteiger charge is 2.12. The summed E-state index contributed by atoms with van der Waals surface area (Å²) in [7, 11) is 1.63. The molecule has 2 aromatic carbocycles. The minimum atomic E-state index is 0.00399. The quantitative estimate of drug-likeness (QED) is 0.701. The first-order valence-corrected chi connectivity index (χ1v) is 9.04. The number of hydrogen-bond acceptors (Lipinski definition) is 3. The molecule has 4 nitrogen and oxygen atoms in total. The number of methoxy groups -OCH3 is 1. The third kappa shape index (κ3) is 5.51. The lowest BCUT2D eigenvalue weighted by Crippen LogP contribution is -2.27. The fourth-order valence-electron chi connectivity index (χ4n) is 2.94. The van der Waals surface area contributed by atoms with Crippen LogP contribution in [0.15, 0.2) is 36.4 Å². The van der Waals surface area contributed by atoms with Crippen LogP contribution in [0.2, 0.25) is 0 Å². The van der Waals surface area contributed by atoms with Crippen LogP contribution in [-0.4, -0.2) is 19.6 Å². The van der Waals surface area contributed by atoms with Crippen LogP contribution in [0.3, 0.4) is 0 Å². The van der Waals surface area contributed by atoms with Gasteiger partial charge in [0.05, 0.1) is 19.8 Å². The van der Waals surface area contributed by atoms with Crippen LogP contribution >= 0.6 is 0 Å². The van der Waals surface area contributed by atoms with Crippen LogP contribution in [0.4, 0.5) is 0 Å². The molecule has 0 saturated heterocycles. The number of nitrogens with one attached hydrogen (secondary N) is 1. The number of benzene rings is 2. The van der Waals surface area contributed by atoms with Crippen LogP contribution in [0.1, 0.15) is 48.1 Å². The molecule has 2 rings (SSSR count). The Morgan fingerprint density at radius 2 is 1.62 bits per heavy atom. The van der Waals surface area contributed by atoms with Crippen molar-refractivity contribution in [1.82, 2.24) is 5.32 Å². The third-order valence-electron chi connectivity index (χ3n) is 4.60. The van der Waals surface area contributed by atoms with Crippen LogP contribution in [0, 0.1) is 20.8 Å². The standard InChI is InChI=1S/C22H29NO3/c1-15-13-17(3)21(14-16(15)2)18(4)23-22(24)7-6-12-26-20-10-8-19(25-5)9-11-20/h8-11,13-14,18H,6-7,12H2,1-5H3,(H,23,24)/t18-/m0/s1. The molecule has 2 aromatic rings. The Balaban J connectivity index is 1.76. The van der Waals surface area contributed by atoms with Crippen molar-refractivity contribution in [3.05, 3.63) is 58.7 Å². The molecule has 0 spiro atoms. The fraction of sp³-hybridized carbons (Fsp3) is 0.409. The largest absolute Gasteiger partial charge is 0.497 e. The van der Waals surface area contributed by atoms with Crippen LogP contribution in [0.25, 0.3) is 0 Å². The molecule has 140 valence electrons. The number of hydrogen-bond donors (Lipinski definition) is 1. The van der Waals surface area contributed by atoms with Crippen molar-refractivity contribution >= 4 is 5.91 Å². The molecule has 4 heteroatoms. The maximum absolute atomic E-state index is 12.2. The minimum absolute atomic E-state index is 0.00399. The molecule has 0 radical (unpaired) electrons. The topological polar surface area (TPSA) is 47.6 Å². The smallest absolute Gasteiger partial charge is 0.220 e. The summed E-state index contributed by atoms with van der Waals surface area (Å²) in [4.78, 5) is 12.2. The molecule has 0 saturated carbocycles. The summed E-state index contributed by atoms with van der Waals surface area (Å²) in [5, 5.41) is 3.09. The number of aryl methyl sites for hydroxylation is 3. The highest BCUT2D eigenvalue weighted by atomic mass is 16.5. The van der Waals surface area contributed by atoms with Gasteiger partial charge in [0.25, 0.3) is 0 Å². The van der Waals surface area contributed by atoms with Crippen molar-refractivity contribution in [2.75, 3.05) is 13.7 Å². The van der Waals surface area contributed by atoms with Gasteiger partial charge in [-0.3, -0.25) is 4.79 Å². The Bertz CT molecular complexity index is 738. The maximum Gasteiger partial charge on any atom is 0.220 e. The lowest BCUT2D eigenvalue weighted by molar-refractivity contribution is -0.121. The van der Waals surface area contributed by atoms with Gasteiger partial charge in [0.2, 0.25) is 5.91 Å². The molecule has 1 amide bonds. The Morgan fingerprint density at radius 1 is 1.00 bits per heavy atom. The molecule has 0 heterocycles. The summed E-state index contributed by atoms with van der Waals surface area (Å²) in [5.74, 6) is 1.63. The molecule has 0 aliphatic rings. The van der Waals surface area contributed by atoms with Gasteiger partial charge in [-0.25, -0.2) is 0 Å². The van der Waals surface area contributed by atoms with Crippen molar-refractivity contribution in [3.63, 3.8) is 0 Å². The Hall–Kier alpha value is -2.49. The normalized spacial score (nSPS) is 11.7. The number of rotatable bonds is 8.